The summed E-state index contributed by atoms with van der Waals surface area (Å²) in [4.78, 5) is 23.7. The number of aromatic amines is 1. The van der Waals surface area contributed by atoms with Gasteiger partial charge in [0.2, 0.25) is 0 Å². The first-order chi connectivity index (χ1) is 13.6. The topological polar surface area (TPSA) is 96.9 Å². The van der Waals surface area contributed by atoms with Gasteiger partial charge in [-0.1, -0.05) is 0 Å². The highest BCUT2D eigenvalue weighted by molar-refractivity contribution is 6.01. The van der Waals surface area contributed by atoms with Crippen LogP contribution < -0.4 is 10.6 Å². The molecule has 0 aliphatic heterocycles. The van der Waals surface area contributed by atoms with Crippen LogP contribution in [0.15, 0.2) is 18.5 Å². The highest BCUT2D eigenvalue weighted by atomic mass is 19.3. The van der Waals surface area contributed by atoms with Gasteiger partial charge in [0.15, 0.2) is 0 Å². The van der Waals surface area contributed by atoms with Crippen molar-refractivity contribution in [3.63, 3.8) is 0 Å². The van der Waals surface area contributed by atoms with E-state index in [2.05, 4.69) is 34.9 Å². The van der Waals surface area contributed by atoms with Crippen molar-refractivity contribution in [2.45, 2.75) is 44.3 Å². The van der Waals surface area contributed by atoms with Crippen LogP contribution in [0.4, 0.5) is 13.6 Å². The first kappa shape index (κ1) is 18.6. The number of H-pyrrole nitrogens is 1. The van der Waals surface area contributed by atoms with E-state index < -0.39 is 12.5 Å². The van der Waals surface area contributed by atoms with Gasteiger partial charge in [0.25, 0.3) is 6.43 Å². The van der Waals surface area contributed by atoms with Crippen molar-refractivity contribution in [1.29, 1.82) is 0 Å². The molecule has 8 nitrogen and oxygen atoms in total. The summed E-state index contributed by atoms with van der Waals surface area (Å²) in [6.45, 7) is -0.0936. The summed E-state index contributed by atoms with van der Waals surface area (Å²) in [5, 5.41) is 6.56. The number of alkyl halides is 2. The van der Waals surface area contributed by atoms with Gasteiger partial charge in [0.05, 0.1) is 31.9 Å². The van der Waals surface area contributed by atoms with Gasteiger partial charge in [-0.05, 0) is 25.3 Å². The Morgan fingerprint density at radius 2 is 2.32 bits per heavy atom. The molecule has 0 aromatic carbocycles. The molecule has 1 aliphatic rings. The van der Waals surface area contributed by atoms with Crippen molar-refractivity contribution in [3.05, 3.63) is 24.3 Å². The molecule has 3 aromatic rings. The van der Waals surface area contributed by atoms with Crippen LogP contribution in [-0.4, -0.2) is 51.7 Å². The number of amides is 1. The standard InChI is InChI=1S/C18H22F2N6O2/c1-28-18(27)24-9-15-25-13-7-23-17-12(4-5-21-17)16(13)26(15)11-3-2-10(6-11)22-8-14(19)20/h4-5,7,10-11,14,22H,2-3,6,8-9H2,1H3,(H,21,23)(H,24,27)/t10-,11+/m1/s1. The van der Waals surface area contributed by atoms with Crippen LogP contribution in [0.5, 0.6) is 0 Å². The summed E-state index contributed by atoms with van der Waals surface area (Å²) in [5.41, 5.74) is 2.43. The molecule has 0 bridgehead atoms. The van der Waals surface area contributed by atoms with Gasteiger partial charge in [0.1, 0.15) is 17.0 Å². The molecule has 2 atom stereocenters. The molecule has 0 spiro atoms. The maximum atomic E-state index is 12.5. The predicted octanol–water partition coefficient (Wildman–Crippen LogP) is 2.72. The van der Waals surface area contributed by atoms with Gasteiger partial charge in [-0.3, -0.25) is 0 Å². The number of ether oxygens (including phenoxy) is 1. The van der Waals surface area contributed by atoms with E-state index in [1.54, 1.807) is 6.20 Å². The fourth-order valence-corrected chi connectivity index (χ4v) is 4.02. The smallest absolute Gasteiger partial charge is 0.407 e. The van der Waals surface area contributed by atoms with E-state index in [-0.39, 0.29) is 25.2 Å². The molecule has 3 N–H and O–H groups in total. The third kappa shape index (κ3) is 3.51. The molecule has 0 saturated heterocycles. The molecule has 1 saturated carbocycles. The van der Waals surface area contributed by atoms with Crippen LogP contribution in [0.3, 0.4) is 0 Å². The number of fused-ring (bicyclic) bond motifs is 3. The van der Waals surface area contributed by atoms with E-state index in [1.165, 1.54) is 7.11 Å². The largest absolute Gasteiger partial charge is 0.453 e. The second-order valence-corrected chi connectivity index (χ2v) is 6.94. The van der Waals surface area contributed by atoms with Crippen LogP contribution in [-0.2, 0) is 11.3 Å². The zero-order valence-corrected chi connectivity index (χ0v) is 15.4. The Morgan fingerprint density at radius 1 is 1.46 bits per heavy atom. The zero-order valence-electron chi connectivity index (χ0n) is 15.4. The van der Waals surface area contributed by atoms with Gasteiger partial charge in [-0.2, -0.15) is 0 Å². The zero-order chi connectivity index (χ0) is 19.7. The molecular formula is C18H22F2N6O2. The normalized spacial score (nSPS) is 19.7. The molecular weight excluding hydrogens is 370 g/mol. The number of rotatable bonds is 6. The number of imidazole rings is 1. The van der Waals surface area contributed by atoms with Crippen LogP contribution in [0.1, 0.15) is 31.1 Å². The van der Waals surface area contributed by atoms with Crippen molar-refractivity contribution in [2.24, 2.45) is 0 Å². The summed E-state index contributed by atoms with van der Waals surface area (Å²) < 4.78 is 31.9. The van der Waals surface area contributed by atoms with Crippen LogP contribution in [0, 0.1) is 0 Å². The van der Waals surface area contributed by atoms with E-state index in [9.17, 15) is 13.6 Å². The average Bonchev–Trinajstić information content (AvgIpc) is 3.40. The van der Waals surface area contributed by atoms with Crippen LogP contribution >= 0.6 is 0 Å². The minimum atomic E-state index is -2.36. The van der Waals surface area contributed by atoms with Gasteiger partial charge in [0, 0.05) is 23.7 Å². The number of methoxy groups -OCH3 is 1. The number of carbonyl (C=O) groups is 1. The lowest BCUT2D eigenvalue weighted by Gasteiger charge is -2.18. The molecule has 10 heteroatoms. The molecule has 3 heterocycles. The van der Waals surface area contributed by atoms with Gasteiger partial charge < -0.3 is 24.9 Å². The Hall–Kier alpha value is -2.75. The number of carbonyl (C=O) groups excluding carboxylic acids is 1. The van der Waals surface area contributed by atoms with Gasteiger partial charge in [-0.15, -0.1) is 0 Å². The maximum Gasteiger partial charge on any atom is 0.407 e. The Balaban J connectivity index is 1.69. The monoisotopic (exact) mass is 392 g/mol. The number of halogens is 2. The summed E-state index contributed by atoms with van der Waals surface area (Å²) in [6, 6.07) is 2.07. The second-order valence-electron chi connectivity index (χ2n) is 6.94. The quantitative estimate of drug-likeness (QED) is 0.599. The predicted molar refractivity (Wildman–Crippen MR) is 99.3 cm³/mol. The van der Waals surface area contributed by atoms with E-state index in [0.717, 1.165) is 41.3 Å². The summed E-state index contributed by atoms with van der Waals surface area (Å²) in [7, 11) is 1.31. The van der Waals surface area contributed by atoms with Crippen LogP contribution in [0.2, 0.25) is 0 Å². The molecule has 3 aromatic heterocycles. The van der Waals surface area contributed by atoms with Crippen molar-refractivity contribution >= 4 is 28.2 Å². The first-order valence-corrected chi connectivity index (χ1v) is 9.23. The third-order valence-corrected chi connectivity index (χ3v) is 5.21. The summed E-state index contributed by atoms with van der Waals surface area (Å²) in [5.74, 6) is 0.690. The summed E-state index contributed by atoms with van der Waals surface area (Å²) >= 11 is 0. The molecule has 150 valence electrons. The lowest BCUT2D eigenvalue weighted by atomic mass is 10.2. The van der Waals surface area contributed by atoms with E-state index in [0.29, 0.717) is 5.82 Å². The molecule has 1 fully saturated rings. The lowest BCUT2D eigenvalue weighted by molar-refractivity contribution is 0.141. The molecule has 28 heavy (non-hydrogen) atoms. The fourth-order valence-electron chi connectivity index (χ4n) is 4.02. The van der Waals surface area contributed by atoms with Crippen LogP contribution in [0.25, 0.3) is 22.1 Å². The highest BCUT2D eigenvalue weighted by Gasteiger charge is 2.30. The second kappa shape index (κ2) is 7.70. The number of nitrogens with zero attached hydrogens (tertiary/aromatic N) is 3. The van der Waals surface area contributed by atoms with Crippen molar-refractivity contribution < 1.29 is 18.3 Å². The van der Waals surface area contributed by atoms with Crippen molar-refractivity contribution in [2.75, 3.05) is 13.7 Å². The number of alkyl carbamates (subject to hydrolysis) is 1. The SMILES string of the molecule is COC(=O)NCc1nc2cnc3[nH]ccc3c2n1[C@H]1CC[C@@H](NCC(F)F)C1. The molecule has 1 amide bonds. The average molecular weight is 392 g/mol. The molecule has 0 radical (unpaired) electrons. The van der Waals surface area contributed by atoms with Crippen molar-refractivity contribution in [3.8, 4) is 0 Å². The highest BCUT2D eigenvalue weighted by Crippen LogP contribution is 2.36. The Morgan fingerprint density at radius 3 is 3.11 bits per heavy atom. The van der Waals surface area contributed by atoms with E-state index in [1.807, 2.05) is 12.3 Å². The van der Waals surface area contributed by atoms with Gasteiger partial charge in [-0.25, -0.2) is 23.5 Å². The minimum absolute atomic E-state index is 0.0291. The lowest BCUT2D eigenvalue weighted by Crippen LogP contribution is -2.31. The Kier molecular flexibility index (Phi) is 5.12. The first-order valence-electron chi connectivity index (χ1n) is 9.23. The number of hydrogen-bond donors (Lipinski definition) is 3. The third-order valence-electron chi connectivity index (χ3n) is 5.21. The van der Waals surface area contributed by atoms with Crippen molar-refractivity contribution in [1.82, 2.24) is 30.2 Å². The number of nitrogens with one attached hydrogen (secondary N) is 3. The van der Waals surface area contributed by atoms with Gasteiger partial charge >= 0.3 is 6.09 Å². The number of hydrogen-bond acceptors (Lipinski definition) is 5. The molecule has 0 unspecified atom stereocenters. The summed E-state index contributed by atoms with van der Waals surface area (Å²) in [6.07, 6.45) is 2.99. The molecule has 1 aliphatic carbocycles. The van der Waals surface area contributed by atoms with E-state index in [4.69, 9.17) is 0 Å². The Labute approximate surface area is 159 Å². The van der Waals surface area contributed by atoms with E-state index >= 15 is 0 Å². The Bertz CT molecular complexity index is 985. The number of aromatic nitrogens is 4. The number of pyridine rings is 1. The maximum absolute atomic E-state index is 12.5. The molecule has 4 rings (SSSR count). The minimum Gasteiger partial charge on any atom is -0.453 e. The fraction of sp³-hybridized carbons (Fsp3) is 0.500.